The van der Waals surface area contributed by atoms with Crippen molar-refractivity contribution in [2.75, 3.05) is 6.54 Å². The van der Waals surface area contributed by atoms with E-state index in [1.54, 1.807) is 36.5 Å². The van der Waals surface area contributed by atoms with E-state index in [0.717, 1.165) is 30.6 Å². The molecule has 1 aliphatic rings. The topological polar surface area (TPSA) is 49.3 Å². The van der Waals surface area contributed by atoms with Crippen molar-refractivity contribution in [3.8, 4) is 0 Å². The predicted molar refractivity (Wildman–Crippen MR) is 104 cm³/mol. The predicted octanol–water partition coefficient (Wildman–Crippen LogP) is 5.35. The summed E-state index contributed by atoms with van der Waals surface area (Å²) < 4.78 is 0. The van der Waals surface area contributed by atoms with Crippen LogP contribution < -0.4 is 5.32 Å². The van der Waals surface area contributed by atoms with E-state index in [2.05, 4.69) is 11.4 Å². The Bertz CT molecular complexity index is 767. The quantitative estimate of drug-likeness (QED) is 0.713. The van der Waals surface area contributed by atoms with Crippen LogP contribution in [-0.2, 0) is 5.41 Å². The number of hydrogen-bond donors (Lipinski definition) is 2. The number of aliphatic hydroxyl groups is 1. The van der Waals surface area contributed by atoms with Crippen LogP contribution in [0.2, 0.25) is 10.0 Å². The van der Waals surface area contributed by atoms with Gasteiger partial charge in [0.25, 0.3) is 5.91 Å². The lowest BCUT2D eigenvalue weighted by Crippen LogP contribution is -2.38. The van der Waals surface area contributed by atoms with Crippen LogP contribution in [0.25, 0.3) is 0 Å². The minimum absolute atomic E-state index is 0.0380. The van der Waals surface area contributed by atoms with Crippen LogP contribution in [0.15, 0.2) is 30.3 Å². The van der Waals surface area contributed by atoms with Gasteiger partial charge in [-0.05, 0) is 50.1 Å². The van der Waals surface area contributed by atoms with Gasteiger partial charge < -0.3 is 10.4 Å². The fourth-order valence-corrected chi connectivity index (χ4v) is 4.90. The largest absolute Gasteiger partial charge is 0.388 e. The highest BCUT2D eigenvalue weighted by Gasteiger charge is 2.37. The van der Waals surface area contributed by atoms with E-state index in [9.17, 15) is 9.90 Å². The number of carbonyl (C=O) groups is 1. The van der Waals surface area contributed by atoms with E-state index in [-0.39, 0.29) is 11.3 Å². The summed E-state index contributed by atoms with van der Waals surface area (Å²) in [5.41, 5.74) is 0.474. The zero-order chi connectivity index (χ0) is 18.0. The maximum atomic E-state index is 12.5. The van der Waals surface area contributed by atoms with Gasteiger partial charge in [0.1, 0.15) is 0 Å². The second-order valence-electron chi connectivity index (χ2n) is 6.68. The first-order valence-corrected chi connectivity index (χ1v) is 10.00. The summed E-state index contributed by atoms with van der Waals surface area (Å²) in [5, 5.41) is 13.7. The number of rotatable bonds is 5. The summed E-state index contributed by atoms with van der Waals surface area (Å²) in [4.78, 5) is 14.7. The number of benzene rings is 1. The summed E-state index contributed by atoms with van der Waals surface area (Å²) in [6, 6.07) is 9.01. The number of halogens is 2. The van der Waals surface area contributed by atoms with E-state index in [1.165, 1.54) is 4.88 Å². The zero-order valence-electron chi connectivity index (χ0n) is 14.0. The van der Waals surface area contributed by atoms with Gasteiger partial charge in [0.2, 0.25) is 0 Å². The van der Waals surface area contributed by atoms with Crippen molar-refractivity contribution in [3.63, 3.8) is 0 Å². The number of nitrogens with one attached hydrogen (secondary N) is 1. The van der Waals surface area contributed by atoms with Crippen molar-refractivity contribution in [2.45, 2.75) is 44.1 Å². The summed E-state index contributed by atoms with van der Waals surface area (Å²) >= 11 is 13.6. The number of amides is 1. The summed E-state index contributed by atoms with van der Waals surface area (Å²) in [5.74, 6) is -0.142. The molecule has 3 rings (SSSR count). The number of thiophene rings is 1. The van der Waals surface area contributed by atoms with Crippen molar-refractivity contribution in [3.05, 3.63) is 55.7 Å². The average Bonchev–Trinajstić information content (AvgIpc) is 3.25. The molecule has 1 unspecified atom stereocenters. The Hall–Kier alpha value is -1.07. The molecular formula is C19H21Cl2NO2S. The molecule has 134 valence electrons. The van der Waals surface area contributed by atoms with Crippen LogP contribution in [0.3, 0.4) is 0 Å². The highest BCUT2D eigenvalue weighted by atomic mass is 35.5. The summed E-state index contributed by atoms with van der Waals surface area (Å²) in [6.07, 6.45) is 3.96. The molecule has 3 nitrogen and oxygen atoms in total. The molecule has 1 amide bonds. The number of hydrogen-bond acceptors (Lipinski definition) is 3. The van der Waals surface area contributed by atoms with Gasteiger partial charge in [0.15, 0.2) is 0 Å². The minimum Gasteiger partial charge on any atom is -0.388 e. The normalized spacial score (nSPS) is 17.4. The average molecular weight is 398 g/mol. The van der Waals surface area contributed by atoms with Gasteiger partial charge in [-0.2, -0.15) is 0 Å². The van der Waals surface area contributed by atoms with E-state index in [4.69, 9.17) is 23.2 Å². The third-order valence-electron chi connectivity index (χ3n) is 4.89. The van der Waals surface area contributed by atoms with Crippen molar-refractivity contribution >= 4 is 40.4 Å². The van der Waals surface area contributed by atoms with Gasteiger partial charge in [0, 0.05) is 27.3 Å². The first-order valence-electron chi connectivity index (χ1n) is 8.43. The molecule has 2 N–H and O–H groups in total. The maximum absolute atomic E-state index is 12.5. The Balaban J connectivity index is 1.75. The molecule has 0 radical (unpaired) electrons. The SMILES string of the molecule is CC(O)c1ccc(C2(CNC(=O)c3ccc(Cl)c(Cl)c3)CCCC2)s1. The van der Waals surface area contributed by atoms with Crippen molar-refractivity contribution in [1.29, 1.82) is 0 Å². The molecule has 1 fully saturated rings. The zero-order valence-corrected chi connectivity index (χ0v) is 16.3. The van der Waals surface area contributed by atoms with E-state index < -0.39 is 6.10 Å². The van der Waals surface area contributed by atoms with Gasteiger partial charge in [-0.1, -0.05) is 36.0 Å². The molecule has 1 aromatic carbocycles. The molecule has 0 aliphatic heterocycles. The third-order valence-corrected chi connectivity index (χ3v) is 7.13. The van der Waals surface area contributed by atoms with Crippen molar-refractivity contribution in [1.82, 2.24) is 5.32 Å². The van der Waals surface area contributed by atoms with Crippen LogP contribution in [0.1, 0.15) is 58.8 Å². The lowest BCUT2D eigenvalue weighted by atomic mass is 9.84. The van der Waals surface area contributed by atoms with Gasteiger partial charge in [-0.15, -0.1) is 11.3 Å². The number of carbonyl (C=O) groups excluding carboxylic acids is 1. The molecule has 0 saturated heterocycles. The van der Waals surface area contributed by atoms with Crippen molar-refractivity contribution in [2.24, 2.45) is 0 Å². The standard InChI is InChI=1S/C19H21Cl2NO2S/c1-12(23)16-6-7-17(25-16)19(8-2-3-9-19)11-22-18(24)13-4-5-14(20)15(21)10-13/h4-7,10,12,23H,2-3,8-9,11H2,1H3,(H,22,24). The minimum atomic E-state index is -0.456. The van der Waals surface area contributed by atoms with Gasteiger partial charge in [-0.3, -0.25) is 4.79 Å². The monoisotopic (exact) mass is 397 g/mol. The molecule has 0 bridgehead atoms. The van der Waals surface area contributed by atoms with E-state index in [0.29, 0.717) is 22.2 Å². The third kappa shape index (κ3) is 4.03. The van der Waals surface area contributed by atoms with Crippen LogP contribution >= 0.6 is 34.5 Å². The Morgan fingerprint density at radius 3 is 2.56 bits per heavy atom. The Labute approximate surface area is 162 Å². The second-order valence-corrected chi connectivity index (χ2v) is 8.61. The highest BCUT2D eigenvalue weighted by Crippen LogP contribution is 2.44. The van der Waals surface area contributed by atoms with Gasteiger partial charge in [-0.25, -0.2) is 0 Å². The fourth-order valence-electron chi connectivity index (χ4n) is 3.41. The Kier molecular flexibility index (Phi) is 5.74. The van der Waals surface area contributed by atoms with Crippen LogP contribution in [0.5, 0.6) is 0 Å². The number of aliphatic hydroxyl groups excluding tert-OH is 1. The lowest BCUT2D eigenvalue weighted by molar-refractivity contribution is 0.0943. The van der Waals surface area contributed by atoms with Gasteiger partial charge in [0.05, 0.1) is 16.1 Å². The smallest absolute Gasteiger partial charge is 0.251 e. The van der Waals surface area contributed by atoms with Crippen molar-refractivity contribution < 1.29 is 9.90 Å². The molecule has 1 heterocycles. The molecule has 1 saturated carbocycles. The molecular weight excluding hydrogens is 377 g/mol. The molecule has 0 spiro atoms. The molecule has 1 atom stereocenters. The molecule has 6 heteroatoms. The molecule has 25 heavy (non-hydrogen) atoms. The second kappa shape index (κ2) is 7.67. The summed E-state index contributed by atoms with van der Waals surface area (Å²) in [7, 11) is 0. The van der Waals surface area contributed by atoms with Crippen LogP contribution in [-0.4, -0.2) is 17.6 Å². The fraction of sp³-hybridized carbons (Fsp3) is 0.421. The highest BCUT2D eigenvalue weighted by molar-refractivity contribution is 7.12. The van der Waals surface area contributed by atoms with Gasteiger partial charge >= 0.3 is 0 Å². The Morgan fingerprint density at radius 2 is 1.96 bits per heavy atom. The lowest BCUT2D eigenvalue weighted by Gasteiger charge is -2.28. The first kappa shape index (κ1) is 18.7. The Morgan fingerprint density at radius 1 is 1.24 bits per heavy atom. The molecule has 1 aliphatic carbocycles. The molecule has 1 aromatic heterocycles. The van der Waals surface area contributed by atoms with Crippen LogP contribution in [0.4, 0.5) is 0 Å². The van der Waals surface area contributed by atoms with Crippen LogP contribution in [0, 0.1) is 0 Å². The maximum Gasteiger partial charge on any atom is 0.251 e. The first-order chi connectivity index (χ1) is 11.9. The van der Waals surface area contributed by atoms with E-state index >= 15 is 0 Å². The van der Waals surface area contributed by atoms with E-state index in [1.807, 2.05) is 6.07 Å². The molecule has 2 aromatic rings. The summed E-state index contributed by atoms with van der Waals surface area (Å²) in [6.45, 7) is 2.37.